The molecule has 0 spiro atoms. The van der Waals surface area contributed by atoms with E-state index in [9.17, 15) is 4.79 Å². The van der Waals surface area contributed by atoms with Crippen LogP contribution < -0.4 is 5.32 Å². The van der Waals surface area contributed by atoms with Crippen molar-refractivity contribution in [1.29, 1.82) is 0 Å². The van der Waals surface area contributed by atoms with E-state index in [2.05, 4.69) is 15.2 Å². The lowest BCUT2D eigenvalue weighted by Gasteiger charge is -2.13. The number of aromatic nitrogens is 1. The average Bonchev–Trinajstić information content (AvgIpc) is 2.94. The fraction of sp³-hybridized carbons (Fsp3) is 0.667. The first-order chi connectivity index (χ1) is 8.66. The Balaban J connectivity index is 1.72. The summed E-state index contributed by atoms with van der Waals surface area (Å²) < 4.78 is 0. The van der Waals surface area contributed by atoms with Crippen LogP contribution >= 0.6 is 11.3 Å². The van der Waals surface area contributed by atoms with Crippen molar-refractivity contribution in [3.8, 4) is 0 Å². The average molecular weight is 269 g/mol. The monoisotopic (exact) mass is 269 g/mol. The van der Waals surface area contributed by atoms with Crippen LogP contribution in [0.15, 0.2) is 0 Å². The topological polar surface area (TPSA) is 65.5 Å². The van der Waals surface area contributed by atoms with Crippen LogP contribution in [0.3, 0.4) is 0 Å². The Morgan fingerprint density at radius 2 is 2.22 bits per heavy atom. The standard InChI is InChI=1S/C12H19N3O2S/c1-9-10(11(16)17)18-12(14-9)13-5-4-8-15-6-2-3-7-15/h2-8H2,1H3,(H,13,14)(H,16,17). The van der Waals surface area contributed by atoms with Crippen molar-refractivity contribution in [2.45, 2.75) is 26.2 Å². The predicted molar refractivity (Wildman–Crippen MR) is 72.6 cm³/mol. The number of aromatic carboxylic acids is 1. The SMILES string of the molecule is Cc1nc(NCCCN2CCCC2)sc1C(=O)O. The van der Waals surface area contributed by atoms with Gasteiger partial charge in [-0.25, -0.2) is 9.78 Å². The van der Waals surface area contributed by atoms with E-state index in [0.29, 0.717) is 15.7 Å². The summed E-state index contributed by atoms with van der Waals surface area (Å²) in [5.74, 6) is -0.893. The molecule has 1 aromatic rings. The van der Waals surface area contributed by atoms with Gasteiger partial charge in [-0.3, -0.25) is 0 Å². The highest BCUT2D eigenvalue weighted by Gasteiger charge is 2.14. The third kappa shape index (κ3) is 3.43. The minimum atomic E-state index is -0.893. The molecule has 1 saturated heterocycles. The maximum atomic E-state index is 10.9. The molecule has 2 heterocycles. The fourth-order valence-corrected chi connectivity index (χ4v) is 3.01. The number of hydrogen-bond acceptors (Lipinski definition) is 5. The summed E-state index contributed by atoms with van der Waals surface area (Å²) in [4.78, 5) is 17.9. The number of rotatable bonds is 6. The molecule has 100 valence electrons. The normalized spacial score (nSPS) is 16.1. The van der Waals surface area contributed by atoms with E-state index in [-0.39, 0.29) is 0 Å². The number of thiazole rings is 1. The lowest BCUT2D eigenvalue weighted by molar-refractivity contribution is 0.0701. The van der Waals surface area contributed by atoms with E-state index in [1.807, 2.05) is 0 Å². The molecule has 0 radical (unpaired) electrons. The molecule has 0 aliphatic carbocycles. The number of carboxylic acids is 1. The van der Waals surface area contributed by atoms with E-state index in [0.717, 1.165) is 19.5 Å². The summed E-state index contributed by atoms with van der Waals surface area (Å²) in [7, 11) is 0. The van der Waals surface area contributed by atoms with Gasteiger partial charge >= 0.3 is 5.97 Å². The van der Waals surface area contributed by atoms with Gasteiger partial charge in [-0.15, -0.1) is 0 Å². The van der Waals surface area contributed by atoms with Crippen LogP contribution in [0.2, 0.25) is 0 Å². The number of likely N-dealkylation sites (tertiary alicyclic amines) is 1. The molecule has 2 N–H and O–H groups in total. The molecule has 6 heteroatoms. The van der Waals surface area contributed by atoms with Gasteiger partial charge < -0.3 is 15.3 Å². The number of aryl methyl sites for hydroxylation is 1. The van der Waals surface area contributed by atoms with Gasteiger partial charge in [0.2, 0.25) is 0 Å². The predicted octanol–water partition coefficient (Wildman–Crippen LogP) is 2.05. The number of anilines is 1. The largest absolute Gasteiger partial charge is 0.477 e. The zero-order valence-electron chi connectivity index (χ0n) is 10.6. The van der Waals surface area contributed by atoms with Crippen molar-refractivity contribution in [2.24, 2.45) is 0 Å². The van der Waals surface area contributed by atoms with Gasteiger partial charge in [0.25, 0.3) is 0 Å². The van der Waals surface area contributed by atoms with E-state index < -0.39 is 5.97 Å². The molecule has 0 aromatic carbocycles. The molecular formula is C12H19N3O2S. The molecule has 5 nitrogen and oxygen atoms in total. The fourth-order valence-electron chi connectivity index (χ4n) is 2.17. The van der Waals surface area contributed by atoms with Crippen LogP contribution in [-0.4, -0.2) is 47.1 Å². The van der Waals surface area contributed by atoms with Gasteiger partial charge in [0.05, 0.1) is 5.69 Å². The van der Waals surface area contributed by atoms with E-state index >= 15 is 0 Å². The first-order valence-electron chi connectivity index (χ1n) is 6.34. The molecule has 0 saturated carbocycles. The summed E-state index contributed by atoms with van der Waals surface area (Å²) in [6, 6.07) is 0. The zero-order valence-corrected chi connectivity index (χ0v) is 11.4. The second-order valence-corrected chi connectivity index (χ2v) is 5.57. The zero-order chi connectivity index (χ0) is 13.0. The Morgan fingerprint density at radius 3 is 2.83 bits per heavy atom. The molecule has 2 rings (SSSR count). The van der Waals surface area contributed by atoms with Gasteiger partial charge in [0, 0.05) is 6.54 Å². The van der Waals surface area contributed by atoms with Gasteiger partial charge in [-0.05, 0) is 45.8 Å². The van der Waals surface area contributed by atoms with Gasteiger partial charge in [-0.1, -0.05) is 11.3 Å². The van der Waals surface area contributed by atoms with Crippen molar-refractivity contribution in [2.75, 3.05) is 31.5 Å². The molecule has 0 unspecified atom stereocenters. The quantitative estimate of drug-likeness (QED) is 0.774. The van der Waals surface area contributed by atoms with Crippen molar-refractivity contribution in [1.82, 2.24) is 9.88 Å². The molecular weight excluding hydrogens is 250 g/mol. The molecule has 0 amide bonds. The molecule has 1 aliphatic heterocycles. The first-order valence-corrected chi connectivity index (χ1v) is 7.15. The number of carbonyl (C=O) groups is 1. The van der Waals surface area contributed by atoms with Crippen LogP contribution in [0.25, 0.3) is 0 Å². The van der Waals surface area contributed by atoms with E-state index in [1.54, 1.807) is 6.92 Å². The Labute approximate surface area is 111 Å². The maximum Gasteiger partial charge on any atom is 0.347 e. The highest BCUT2D eigenvalue weighted by atomic mass is 32.1. The molecule has 1 fully saturated rings. The Bertz CT molecular complexity index is 413. The summed E-state index contributed by atoms with van der Waals surface area (Å²) in [5, 5.41) is 12.8. The van der Waals surface area contributed by atoms with Crippen LogP contribution in [0.1, 0.15) is 34.6 Å². The summed E-state index contributed by atoms with van der Waals surface area (Å²) in [5.41, 5.74) is 0.592. The van der Waals surface area contributed by atoms with Gasteiger partial charge in [0.15, 0.2) is 5.13 Å². The summed E-state index contributed by atoms with van der Waals surface area (Å²) >= 11 is 1.21. The highest BCUT2D eigenvalue weighted by Crippen LogP contribution is 2.22. The van der Waals surface area contributed by atoms with Crippen molar-refractivity contribution in [3.63, 3.8) is 0 Å². The Morgan fingerprint density at radius 1 is 1.50 bits per heavy atom. The minimum Gasteiger partial charge on any atom is -0.477 e. The number of hydrogen-bond donors (Lipinski definition) is 2. The Kier molecular flexibility index (Phi) is 4.54. The third-order valence-corrected chi connectivity index (χ3v) is 4.22. The van der Waals surface area contributed by atoms with E-state index in [1.165, 1.54) is 37.3 Å². The van der Waals surface area contributed by atoms with Crippen LogP contribution in [-0.2, 0) is 0 Å². The third-order valence-electron chi connectivity index (χ3n) is 3.12. The highest BCUT2D eigenvalue weighted by molar-refractivity contribution is 7.17. The summed E-state index contributed by atoms with van der Waals surface area (Å²) in [6.07, 6.45) is 3.71. The van der Waals surface area contributed by atoms with Crippen molar-refractivity contribution in [3.05, 3.63) is 10.6 Å². The molecule has 1 aliphatic rings. The lowest BCUT2D eigenvalue weighted by Crippen LogP contribution is -2.22. The molecule has 0 atom stereocenters. The van der Waals surface area contributed by atoms with Gasteiger partial charge in [0.1, 0.15) is 4.88 Å². The summed E-state index contributed by atoms with van der Waals surface area (Å²) in [6.45, 7) is 6.14. The molecule has 0 bridgehead atoms. The van der Waals surface area contributed by atoms with E-state index in [4.69, 9.17) is 5.11 Å². The lowest BCUT2D eigenvalue weighted by atomic mass is 10.4. The molecule has 1 aromatic heterocycles. The van der Waals surface area contributed by atoms with Gasteiger partial charge in [-0.2, -0.15) is 0 Å². The minimum absolute atomic E-state index is 0.331. The Hall–Kier alpha value is -1.14. The number of nitrogens with one attached hydrogen (secondary N) is 1. The second-order valence-electron chi connectivity index (χ2n) is 4.57. The smallest absolute Gasteiger partial charge is 0.347 e. The second kappa shape index (κ2) is 6.15. The van der Waals surface area contributed by atoms with Crippen molar-refractivity contribution >= 4 is 22.4 Å². The van der Waals surface area contributed by atoms with Crippen LogP contribution in [0.4, 0.5) is 5.13 Å². The molecule has 18 heavy (non-hydrogen) atoms. The number of carboxylic acid groups (broad SMARTS) is 1. The maximum absolute atomic E-state index is 10.9. The van der Waals surface area contributed by atoms with Crippen molar-refractivity contribution < 1.29 is 9.90 Å². The number of nitrogens with zero attached hydrogens (tertiary/aromatic N) is 2. The van der Waals surface area contributed by atoms with Crippen LogP contribution in [0.5, 0.6) is 0 Å². The van der Waals surface area contributed by atoms with Crippen LogP contribution in [0, 0.1) is 6.92 Å². The first kappa shape index (κ1) is 13.3.